The maximum absolute atomic E-state index is 14.0. The second-order valence-electron chi connectivity index (χ2n) is 6.51. The van der Waals surface area contributed by atoms with Crippen LogP contribution < -0.4 is 0 Å². The van der Waals surface area contributed by atoms with Gasteiger partial charge in [-0.3, -0.25) is 4.79 Å². The van der Waals surface area contributed by atoms with Gasteiger partial charge < -0.3 is 9.32 Å². The molecule has 1 saturated heterocycles. The van der Waals surface area contributed by atoms with E-state index in [4.69, 9.17) is 16.0 Å². The summed E-state index contributed by atoms with van der Waals surface area (Å²) in [5.41, 5.74) is -0.201. The Kier molecular flexibility index (Phi) is 4.59. The van der Waals surface area contributed by atoms with Crippen molar-refractivity contribution in [1.29, 1.82) is 0 Å². The molecule has 1 aliphatic heterocycles. The van der Waals surface area contributed by atoms with Gasteiger partial charge in [-0.2, -0.15) is 13.9 Å². The van der Waals surface area contributed by atoms with Crippen LogP contribution in [-0.2, 0) is 5.38 Å². The lowest BCUT2D eigenvalue weighted by Crippen LogP contribution is -2.32. The Morgan fingerprint density at radius 3 is 2.56 bits per heavy atom. The Balaban J connectivity index is 1.79. The van der Waals surface area contributed by atoms with Crippen LogP contribution in [-0.4, -0.2) is 38.5 Å². The second kappa shape index (κ2) is 6.92. The summed E-state index contributed by atoms with van der Waals surface area (Å²) in [6.07, 6.45) is 5.41. The zero-order valence-corrected chi connectivity index (χ0v) is 15.1. The van der Waals surface area contributed by atoms with E-state index in [9.17, 15) is 13.6 Å². The van der Waals surface area contributed by atoms with Gasteiger partial charge in [0.25, 0.3) is 5.91 Å². The monoisotopic (exact) mass is 394 g/mol. The van der Waals surface area contributed by atoms with Gasteiger partial charge in [-0.05, 0) is 42.6 Å². The number of carbonyl (C=O) groups is 1. The third kappa shape index (κ3) is 3.53. The van der Waals surface area contributed by atoms with Gasteiger partial charge in [-0.15, -0.1) is 0 Å². The number of hydrogen-bond donors (Lipinski definition) is 0. The van der Waals surface area contributed by atoms with Gasteiger partial charge in [-0.25, -0.2) is 9.50 Å². The number of furan rings is 1. The minimum absolute atomic E-state index is 0.0724. The molecule has 1 amide bonds. The fraction of sp³-hybridized carbons (Fsp3) is 0.389. The first-order valence-corrected chi connectivity index (χ1v) is 9.12. The Hall–Kier alpha value is -2.48. The number of amides is 1. The Morgan fingerprint density at radius 1 is 1.19 bits per heavy atom. The van der Waals surface area contributed by atoms with Crippen LogP contribution in [0.15, 0.2) is 34.9 Å². The lowest BCUT2D eigenvalue weighted by atomic mass is 10.2. The Labute approximate surface area is 158 Å². The Morgan fingerprint density at radius 2 is 1.93 bits per heavy atom. The molecule has 3 aromatic heterocycles. The van der Waals surface area contributed by atoms with Gasteiger partial charge in [0.05, 0.1) is 6.26 Å². The van der Waals surface area contributed by atoms with Crippen LogP contribution in [0.4, 0.5) is 8.78 Å². The summed E-state index contributed by atoms with van der Waals surface area (Å²) in [5, 5.41) is 0.392. The molecule has 4 rings (SSSR count). The molecule has 0 unspecified atom stereocenters. The first kappa shape index (κ1) is 17.9. The summed E-state index contributed by atoms with van der Waals surface area (Å²) >= 11 is 5.28. The lowest BCUT2D eigenvalue weighted by molar-refractivity contribution is 0.0750. The third-order valence-electron chi connectivity index (χ3n) is 4.60. The van der Waals surface area contributed by atoms with Crippen molar-refractivity contribution in [2.45, 2.75) is 31.1 Å². The van der Waals surface area contributed by atoms with Crippen LogP contribution in [0.2, 0.25) is 0 Å². The van der Waals surface area contributed by atoms with Crippen molar-refractivity contribution in [3.63, 3.8) is 0 Å². The topological polar surface area (TPSA) is 63.6 Å². The van der Waals surface area contributed by atoms with E-state index in [0.717, 1.165) is 36.3 Å². The summed E-state index contributed by atoms with van der Waals surface area (Å²) in [6, 6.07) is 5.76. The van der Waals surface area contributed by atoms with Crippen molar-refractivity contribution in [3.05, 3.63) is 41.9 Å². The highest BCUT2D eigenvalue weighted by Gasteiger charge is 2.34. The van der Waals surface area contributed by atoms with Gasteiger partial charge in [0.15, 0.2) is 17.1 Å². The summed E-state index contributed by atoms with van der Waals surface area (Å²) in [4.78, 5) is 18.8. The molecule has 0 N–H and O–H groups in total. The number of halogens is 3. The van der Waals surface area contributed by atoms with Gasteiger partial charge in [0, 0.05) is 19.2 Å². The summed E-state index contributed by atoms with van der Waals surface area (Å²) in [5.74, 6) is 0.0343. The number of likely N-dealkylation sites (tertiary alicyclic amines) is 1. The first-order valence-electron chi connectivity index (χ1n) is 8.75. The second-order valence-corrected chi connectivity index (χ2v) is 6.98. The van der Waals surface area contributed by atoms with Gasteiger partial charge in [0.1, 0.15) is 11.4 Å². The van der Waals surface area contributed by atoms with E-state index in [1.54, 1.807) is 17.0 Å². The van der Waals surface area contributed by atoms with Crippen molar-refractivity contribution in [2.75, 3.05) is 13.1 Å². The molecule has 0 saturated carbocycles. The van der Waals surface area contributed by atoms with Gasteiger partial charge >= 0.3 is 5.38 Å². The fourth-order valence-corrected chi connectivity index (χ4v) is 3.40. The van der Waals surface area contributed by atoms with Gasteiger partial charge in [-0.1, -0.05) is 12.8 Å². The molecular weight excluding hydrogens is 378 g/mol. The molecule has 0 aliphatic carbocycles. The molecular formula is C18H17ClF2N4O2. The lowest BCUT2D eigenvalue weighted by Gasteiger charge is -2.18. The minimum atomic E-state index is -3.68. The highest BCUT2D eigenvalue weighted by atomic mass is 35.5. The summed E-state index contributed by atoms with van der Waals surface area (Å²) < 4.78 is 34.1. The third-order valence-corrected chi connectivity index (χ3v) is 4.80. The maximum atomic E-state index is 14.0. The quantitative estimate of drug-likeness (QED) is 0.621. The van der Waals surface area contributed by atoms with Crippen LogP contribution in [0.5, 0.6) is 0 Å². The summed E-state index contributed by atoms with van der Waals surface area (Å²) in [6.45, 7) is 1.27. The van der Waals surface area contributed by atoms with Crippen molar-refractivity contribution in [2.24, 2.45) is 0 Å². The molecule has 9 heteroatoms. The van der Waals surface area contributed by atoms with E-state index in [0.29, 0.717) is 18.8 Å². The summed E-state index contributed by atoms with van der Waals surface area (Å²) in [7, 11) is 0. The molecule has 1 aliphatic rings. The van der Waals surface area contributed by atoms with Crippen molar-refractivity contribution in [1.82, 2.24) is 19.5 Å². The largest absolute Gasteiger partial charge is 0.463 e. The molecule has 142 valence electrons. The average molecular weight is 395 g/mol. The average Bonchev–Trinajstić information content (AvgIpc) is 3.23. The molecule has 6 nitrogen and oxygen atoms in total. The van der Waals surface area contributed by atoms with Crippen molar-refractivity contribution in [3.8, 4) is 11.5 Å². The smallest absolute Gasteiger partial charge is 0.364 e. The van der Waals surface area contributed by atoms with E-state index < -0.39 is 11.1 Å². The van der Waals surface area contributed by atoms with E-state index in [2.05, 4.69) is 10.1 Å². The number of carbonyl (C=O) groups excluding carboxylic acids is 1. The molecule has 0 spiro atoms. The van der Waals surface area contributed by atoms with E-state index in [1.165, 1.54) is 12.3 Å². The van der Waals surface area contributed by atoms with Crippen molar-refractivity contribution < 1.29 is 18.0 Å². The molecule has 4 heterocycles. The number of rotatable bonds is 3. The molecule has 0 bridgehead atoms. The number of nitrogens with zero attached hydrogens (tertiary/aromatic N) is 4. The number of fused-ring (bicyclic) bond motifs is 1. The van der Waals surface area contributed by atoms with Crippen LogP contribution in [0.1, 0.15) is 41.9 Å². The predicted molar refractivity (Wildman–Crippen MR) is 94.8 cm³/mol. The van der Waals surface area contributed by atoms with Crippen LogP contribution in [0, 0.1) is 0 Å². The SMILES string of the molecule is O=C(c1cc2nc(-c3ccco3)cc(C(F)(F)Cl)n2n1)N1CCCCCC1. The highest BCUT2D eigenvalue weighted by molar-refractivity contribution is 6.21. The zero-order valence-electron chi connectivity index (χ0n) is 14.4. The van der Waals surface area contributed by atoms with E-state index >= 15 is 0 Å². The molecule has 1 fully saturated rings. The van der Waals surface area contributed by atoms with Crippen LogP contribution in [0.3, 0.4) is 0 Å². The fourth-order valence-electron chi connectivity index (χ4n) is 3.27. The highest BCUT2D eigenvalue weighted by Crippen LogP contribution is 2.34. The molecule has 3 aromatic rings. The first-order chi connectivity index (χ1) is 12.9. The minimum Gasteiger partial charge on any atom is -0.463 e. The zero-order chi connectivity index (χ0) is 19.0. The van der Waals surface area contributed by atoms with E-state index in [1.807, 2.05) is 0 Å². The maximum Gasteiger partial charge on any atom is 0.364 e. The normalized spacial score (nSPS) is 15.9. The van der Waals surface area contributed by atoms with Crippen LogP contribution in [0.25, 0.3) is 17.1 Å². The molecule has 0 aromatic carbocycles. The molecule has 0 radical (unpaired) electrons. The Bertz CT molecular complexity index is 958. The number of aromatic nitrogens is 3. The predicted octanol–water partition coefficient (Wildman–Crippen LogP) is 4.29. The van der Waals surface area contributed by atoms with E-state index in [-0.39, 0.29) is 22.9 Å². The molecule has 27 heavy (non-hydrogen) atoms. The number of hydrogen-bond acceptors (Lipinski definition) is 4. The molecule has 0 atom stereocenters. The van der Waals surface area contributed by atoms with Gasteiger partial charge in [0.2, 0.25) is 0 Å². The van der Waals surface area contributed by atoms with Crippen molar-refractivity contribution >= 4 is 23.2 Å². The standard InChI is InChI=1S/C18H17ClF2N4O2/c19-18(20,21)15-10-12(14-6-5-9-27-14)22-16-11-13(23-25(15)16)17(26)24-7-3-1-2-4-8-24/h5-6,9-11H,1-4,7-8H2. The van der Waals surface area contributed by atoms with Crippen LogP contribution >= 0.6 is 11.6 Å². The number of alkyl halides is 3.